The summed E-state index contributed by atoms with van der Waals surface area (Å²) >= 11 is 6.31. The van der Waals surface area contributed by atoms with E-state index in [2.05, 4.69) is 6.92 Å². The number of ketones is 1. The van der Waals surface area contributed by atoms with Gasteiger partial charge >= 0.3 is 5.97 Å². The van der Waals surface area contributed by atoms with Gasteiger partial charge in [0, 0.05) is 11.0 Å². The predicted molar refractivity (Wildman–Crippen MR) is 87.4 cm³/mol. The van der Waals surface area contributed by atoms with Gasteiger partial charge in [-0.1, -0.05) is 31.4 Å². The smallest absolute Gasteiger partial charge is 0.341 e. The highest BCUT2D eigenvalue weighted by Crippen LogP contribution is 2.51. The number of ether oxygens (including phenoxy) is 1. The van der Waals surface area contributed by atoms with Crippen LogP contribution in [0.2, 0.25) is 5.02 Å². The number of carbonyl (C=O) groups is 2. The first-order chi connectivity index (χ1) is 10.8. The highest BCUT2D eigenvalue weighted by atomic mass is 35.5. The van der Waals surface area contributed by atoms with Crippen LogP contribution < -0.4 is 4.74 Å². The van der Waals surface area contributed by atoms with Crippen LogP contribution in [0.1, 0.15) is 54.1 Å². The second-order valence-electron chi connectivity index (χ2n) is 6.93. The summed E-state index contributed by atoms with van der Waals surface area (Å²) in [6.07, 6.45) is 5.28. The average Bonchev–Trinajstić information content (AvgIpc) is 3.10. The number of carboxylic acid groups (broad SMARTS) is 1. The van der Waals surface area contributed by atoms with Crippen LogP contribution in [0.25, 0.3) is 0 Å². The lowest BCUT2D eigenvalue weighted by atomic mass is 9.73. The minimum absolute atomic E-state index is 0.184. The first-order valence-corrected chi connectivity index (χ1v) is 8.43. The highest BCUT2D eigenvalue weighted by molar-refractivity contribution is 6.33. The Morgan fingerprint density at radius 2 is 2.09 bits per heavy atom. The maximum Gasteiger partial charge on any atom is 0.341 e. The van der Waals surface area contributed by atoms with Crippen molar-refractivity contribution in [2.24, 2.45) is 11.3 Å². The maximum atomic E-state index is 13.1. The minimum Gasteiger partial charge on any atom is -0.480 e. The number of halogens is 1. The van der Waals surface area contributed by atoms with Crippen LogP contribution in [0.3, 0.4) is 0 Å². The van der Waals surface area contributed by atoms with Crippen molar-refractivity contribution in [1.29, 1.82) is 0 Å². The van der Waals surface area contributed by atoms with Crippen molar-refractivity contribution in [3.63, 3.8) is 0 Å². The number of hydrogen-bond donors (Lipinski definition) is 1. The molecule has 1 N–H and O–H groups in total. The Balaban J connectivity index is 1.98. The summed E-state index contributed by atoms with van der Waals surface area (Å²) in [6.45, 7) is 3.44. The van der Waals surface area contributed by atoms with Crippen molar-refractivity contribution >= 4 is 23.4 Å². The number of hydrogen-bond acceptors (Lipinski definition) is 3. The predicted octanol–water partition coefficient (Wildman–Crippen LogP) is 4.05. The number of rotatable bonds is 4. The molecule has 0 aliphatic heterocycles. The second kappa shape index (κ2) is 5.82. The van der Waals surface area contributed by atoms with Gasteiger partial charge in [0.05, 0.1) is 5.02 Å². The molecule has 0 saturated heterocycles. The Kier molecular flexibility index (Phi) is 4.13. The van der Waals surface area contributed by atoms with E-state index in [1.807, 2.05) is 6.92 Å². The summed E-state index contributed by atoms with van der Waals surface area (Å²) in [5.74, 6) is -0.0903. The SMILES string of the molecule is Cc1c(Cl)c(OCC(=O)O)cc2c1C(=O)C(C)(C1CCCC1)C2. The molecule has 5 heteroatoms. The molecule has 1 atom stereocenters. The molecule has 3 rings (SSSR count). The fourth-order valence-electron chi connectivity index (χ4n) is 4.18. The zero-order chi connectivity index (χ0) is 16.8. The zero-order valence-corrected chi connectivity index (χ0v) is 14.2. The van der Waals surface area contributed by atoms with E-state index in [1.54, 1.807) is 6.07 Å². The summed E-state index contributed by atoms with van der Waals surface area (Å²) in [6, 6.07) is 1.76. The molecule has 0 radical (unpaired) electrons. The molecule has 0 amide bonds. The molecule has 1 saturated carbocycles. The van der Waals surface area contributed by atoms with Gasteiger partial charge in [0.2, 0.25) is 0 Å². The number of aliphatic carboxylic acids is 1. The molecule has 0 bridgehead atoms. The quantitative estimate of drug-likeness (QED) is 0.901. The van der Waals surface area contributed by atoms with Gasteiger partial charge in [-0.3, -0.25) is 4.79 Å². The molecule has 4 nitrogen and oxygen atoms in total. The fraction of sp³-hybridized carbons (Fsp3) is 0.556. The molecule has 124 valence electrons. The van der Waals surface area contributed by atoms with Gasteiger partial charge < -0.3 is 9.84 Å². The monoisotopic (exact) mass is 336 g/mol. The molecule has 2 aliphatic carbocycles. The van der Waals surface area contributed by atoms with E-state index >= 15 is 0 Å². The number of Topliss-reactive ketones (excluding diaryl/α,β-unsaturated/α-hetero) is 1. The molecule has 0 spiro atoms. The summed E-state index contributed by atoms with van der Waals surface area (Å²) < 4.78 is 5.29. The normalized spacial score (nSPS) is 24.0. The lowest BCUT2D eigenvalue weighted by Gasteiger charge is -2.29. The number of benzene rings is 1. The van der Waals surface area contributed by atoms with E-state index in [0.29, 0.717) is 34.2 Å². The summed E-state index contributed by atoms with van der Waals surface area (Å²) in [7, 11) is 0. The van der Waals surface area contributed by atoms with Crippen LogP contribution in [0.4, 0.5) is 0 Å². The maximum absolute atomic E-state index is 13.1. The molecule has 23 heavy (non-hydrogen) atoms. The van der Waals surface area contributed by atoms with E-state index in [1.165, 1.54) is 12.8 Å². The molecule has 0 heterocycles. The molecule has 2 aliphatic rings. The minimum atomic E-state index is -1.05. The molecule has 0 aromatic heterocycles. The van der Waals surface area contributed by atoms with E-state index in [4.69, 9.17) is 21.4 Å². The molecule has 1 fully saturated rings. The molecule has 1 unspecified atom stereocenters. The number of fused-ring (bicyclic) bond motifs is 1. The van der Waals surface area contributed by atoms with Gasteiger partial charge in [-0.05, 0) is 49.3 Å². The fourth-order valence-corrected chi connectivity index (χ4v) is 4.39. The Labute approximate surface area is 140 Å². The van der Waals surface area contributed by atoms with Gasteiger partial charge in [0.25, 0.3) is 0 Å². The topological polar surface area (TPSA) is 63.6 Å². The summed E-state index contributed by atoms with van der Waals surface area (Å²) in [5.41, 5.74) is 1.99. The Morgan fingerprint density at radius 3 is 2.70 bits per heavy atom. The summed E-state index contributed by atoms with van der Waals surface area (Å²) in [5, 5.41) is 9.12. The lowest BCUT2D eigenvalue weighted by molar-refractivity contribution is -0.139. The largest absolute Gasteiger partial charge is 0.480 e. The van der Waals surface area contributed by atoms with Gasteiger partial charge in [-0.15, -0.1) is 0 Å². The van der Waals surface area contributed by atoms with Crippen LogP contribution in [0, 0.1) is 18.3 Å². The molecule has 1 aromatic carbocycles. The van der Waals surface area contributed by atoms with Crippen molar-refractivity contribution in [2.75, 3.05) is 6.61 Å². The van der Waals surface area contributed by atoms with Crippen LogP contribution in [-0.4, -0.2) is 23.5 Å². The first kappa shape index (κ1) is 16.3. The van der Waals surface area contributed by atoms with Crippen LogP contribution >= 0.6 is 11.6 Å². The van der Waals surface area contributed by atoms with Gasteiger partial charge in [-0.2, -0.15) is 0 Å². The standard InChI is InChI=1S/C18H21ClO4/c1-10-15-11(7-13(16(10)19)23-9-14(20)21)8-18(2,17(15)22)12-5-3-4-6-12/h7,12H,3-6,8-9H2,1-2H3,(H,20,21). The van der Waals surface area contributed by atoms with E-state index in [9.17, 15) is 9.59 Å². The third-order valence-corrected chi connectivity index (χ3v) is 5.93. The molecular weight excluding hydrogens is 316 g/mol. The summed E-state index contributed by atoms with van der Waals surface area (Å²) in [4.78, 5) is 23.8. The lowest BCUT2D eigenvalue weighted by Crippen LogP contribution is -2.32. The van der Waals surface area contributed by atoms with Crippen molar-refractivity contribution in [2.45, 2.75) is 46.0 Å². The zero-order valence-electron chi connectivity index (χ0n) is 13.4. The van der Waals surface area contributed by atoms with E-state index in [0.717, 1.165) is 18.4 Å². The number of carboxylic acids is 1. The van der Waals surface area contributed by atoms with Gasteiger partial charge in [0.15, 0.2) is 12.4 Å². The van der Waals surface area contributed by atoms with Crippen LogP contribution in [0.5, 0.6) is 5.75 Å². The van der Waals surface area contributed by atoms with Crippen LogP contribution in [0.15, 0.2) is 6.07 Å². The Bertz CT molecular complexity index is 676. The second-order valence-corrected chi connectivity index (χ2v) is 7.31. The highest BCUT2D eigenvalue weighted by Gasteiger charge is 2.48. The van der Waals surface area contributed by atoms with E-state index < -0.39 is 12.6 Å². The first-order valence-electron chi connectivity index (χ1n) is 8.06. The van der Waals surface area contributed by atoms with Crippen molar-refractivity contribution in [3.05, 3.63) is 27.8 Å². The third kappa shape index (κ3) is 2.63. The van der Waals surface area contributed by atoms with Gasteiger partial charge in [0.1, 0.15) is 5.75 Å². The number of carbonyl (C=O) groups excluding carboxylic acids is 1. The van der Waals surface area contributed by atoms with Gasteiger partial charge in [-0.25, -0.2) is 4.79 Å². The Hall–Kier alpha value is -1.55. The molecular formula is C18H21ClO4. The molecule has 1 aromatic rings. The van der Waals surface area contributed by atoms with Crippen molar-refractivity contribution < 1.29 is 19.4 Å². The van der Waals surface area contributed by atoms with Crippen molar-refractivity contribution in [1.82, 2.24) is 0 Å². The third-order valence-electron chi connectivity index (χ3n) is 5.46. The van der Waals surface area contributed by atoms with E-state index in [-0.39, 0.29) is 11.2 Å². The van der Waals surface area contributed by atoms with Crippen LogP contribution in [-0.2, 0) is 11.2 Å². The average molecular weight is 337 g/mol. The van der Waals surface area contributed by atoms with Crippen molar-refractivity contribution in [3.8, 4) is 5.75 Å². The Morgan fingerprint density at radius 1 is 1.43 bits per heavy atom.